The highest BCUT2D eigenvalue weighted by Gasteiger charge is 2.30. The number of hydrogen-bond donors (Lipinski definition) is 1. The summed E-state index contributed by atoms with van der Waals surface area (Å²) in [6, 6.07) is 17.6. The molecule has 0 amide bonds. The third kappa shape index (κ3) is 3.37. The zero-order valence-electron chi connectivity index (χ0n) is 12.3. The smallest absolute Gasteiger partial charge is 0.120 e. The van der Waals surface area contributed by atoms with Crippen molar-refractivity contribution in [2.24, 2.45) is 0 Å². The summed E-state index contributed by atoms with van der Waals surface area (Å²) < 4.78 is 6.19. The fraction of sp³-hybridized carbons (Fsp3) is 0.333. The summed E-state index contributed by atoms with van der Waals surface area (Å²) in [5.74, 6) is 1.47. The number of hydrogen-bond acceptors (Lipinski definition) is 3. The predicted molar refractivity (Wildman–Crippen MR) is 83.8 cm³/mol. The minimum atomic E-state index is 0.174. The first-order valence-electron chi connectivity index (χ1n) is 7.41. The maximum atomic E-state index is 9.37. The van der Waals surface area contributed by atoms with Crippen LogP contribution in [0.15, 0.2) is 54.6 Å². The van der Waals surface area contributed by atoms with Crippen LogP contribution in [0.25, 0.3) is 0 Å². The van der Waals surface area contributed by atoms with E-state index >= 15 is 0 Å². The van der Waals surface area contributed by atoms with E-state index in [4.69, 9.17) is 4.74 Å². The van der Waals surface area contributed by atoms with Gasteiger partial charge in [-0.05, 0) is 43.3 Å². The van der Waals surface area contributed by atoms with Gasteiger partial charge in [-0.1, -0.05) is 30.3 Å². The molecule has 0 bridgehead atoms. The van der Waals surface area contributed by atoms with E-state index < -0.39 is 0 Å². The van der Waals surface area contributed by atoms with Crippen molar-refractivity contribution in [1.82, 2.24) is 4.90 Å². The zero-order chi connectivity index (χ0) is 14.7. The zero-order valence-corrected chi connectivity index (χ0v) is 12.3. The third-order valence-corrected chi connectivity index (χ3v) is 4.10. The Labute approximate surface area is 125 Å². The van der Waals surface area contributed by atoms with Crippen LogP contribution in [0.2, 0.25) is 0 Å². The van der Waals surface area contributed by atoms with Gasteiger partial charge in [0.2, 0.25) is 0 Å². The molecular weight excluding hydrogens is 262 g/mol. The highest BCUT2D eigenvalue weighted by atomic mass is 16.5. The minimum absolute atomic E-state index is 0.174. The summed E-state index contributed by atoms with van der Waals surface area (Å²) in [6.45, 7) is 2.05. The maximum Gasteiger partial charge on any atom is 0.120 e. The van der Waals surface area contributed by atoms with Crippen molar-refractivity contribution in [3.8, 4) is 11.5 Å². The first-order valence-corrected chi connectivity index (χ1v) is 7.41. The van der Waals surface area contributed by atoms with Crippen LogP contribution in [-0.2, 0) is 0 Å². The lowest BCUT2D eigenvalue weighted by Gasteiger charge is -2.37. The molecule has 0 aliphatic carbocycles. The molecule has 21 heavy (non-hydrogen) atoms. The Kier molecular flexibility index (Phi) is 4.11. The molecule has 3 heteroatoms. The number of benzene rings is 2. The van der Waals surface area contributed by atoms with Crippen molar-refractivity contribution < 1.29 is 9.84 Å². The summed E-state index contributed by atoms with van der Waals surface area (Å²) in [7, 11) is 2.16. The maximum absolute atomic E-state index is 9.37. The van der Waals surface area contributed by atoms with Gasteiger partial charge in [0, 0.05) is 19.0 Å². The quantitative estimate of drug-likeness (QED) is 0.938. The lowest BCUT2D eigenvalue weighted by Crippen LogP contribution is -2.42. The molecule has 1 heterocycles. The molecule has 2 aromatic carbocycles. The van der Waals surface area contributed by atoms with E-state index in [0.29, 0.717) is 5.92 Å². The molecule has 0 spiro atoms. The Morgan fingerprint density at radius 3 is 2.48 bits per heavy atom. The lowest BCUT2D eigenvalue weighted by atomic mass is 9.88. The van der Waals surface area contributed by atoms with Gasteiger partial charge >= 0.3 is 0 Å². The van der Waals surface area contributed by atoms with Crippen LogP contribution in [0.5, 0.6) is 11.5 Å². The molecular formula is C18H21NO2. The number of likely N-dealkylation sites (tertiary alicyclic amines) is 1. The summed E-state index contributed by atoms with van der Waals surface area (Å²) in [5.41, 5.74) is 1.33. The van der Waals surface area contributed by atoms with E-state index in [9.17, 15) is 5.11 Å². The van der Waals surface area contributed by atoms with Gasteiger partial charge < -0.3 is 14.7 Å². The van der Waals surface area contributed by atoms with Gasteiger partial charge in [-0.2, -0.15) is 0 Å². The van der Waals surface area contributed by atoms with Crippen LogP contribution in [0.1, 0.15) is 17.9 Å². The van der Waals surface area contributed by atoms with Gasteiger partial charge in [-0.25, -0.2) is 0 Å². The largest absolute Gasteiger partial charge is 0.508 e. The number of phenolic OH excluding ortho intramolecular Hbond substituents is 1. The Hall–Kier alpha value is -2.00. The average Bonchev–Trinajstić information content (AvgIpc) is 2.52. The average molecular weight is 283 g/mol. The Morgan fingerprint density at radius 1 is 1.05 bits per heavy atom. The van der Waals surface area contributed by atoms with Gasteiger partial charge in [0.25, 0.3) is 0 Å². The first-order chi connectivity index (χ1) is 10.2. The van der Waals surface area contributed by atoms with E-state index in [1.165, 1.54) is 5.56 Å². The summed E-state index contributed by atoms with van der Waals surface area (Å²) in [5, 5.41) is 9.37. The fourth-order valence-corrected chi connectivity index (χ4v) is 2.95. The lowest BCUT2D eigenvalue weighted by molar-refractivity contribution is 0.0901. The number of likely N-dealkylation sites (N-methyl/N-ethyl adjacent to an activating group) is 1. The summed E-state index contributed by atoms with van der Waals surface area (Å²) in [4.78, 5) is 2.36. The van der Waals surface area contributed by atoms with Crippen molar-refractivity contribution in [3.63, 3.8) is 0 Å². The first kappa shape index (κ1) is 14.0. The second-order valence-corrected chi connectivity index (χ2v) is 5.72. The van der Waals surface area contributed by atoms with Crippen LogP contribution in [0, 0.1) is 0 Å². The molecule has 0 unspecified atom stereocenters. The van der Waals surface area contributed by atoms with Gasteiger partial charge in [-0.3, -0.25) is 0 Å². The molecule has 2 atom stereocenters. The highest BCUT2D eigenvalue weighted by molar-refractivity contribution is 5.31. The van der Waals surface area contributed by atoms with Crippen molar-refractivity contribution in [2.75, 3.05) is 20.1 Å². The van der Waals surface area contributed by atoms with Crippen LogP contribution >= 0.6 is 0 Å². The SMILES string of the molecule is CN1CC[C@H](Oc2ccc(O)cc2)[C@@H](c2ccccc2)C1. The monoisotopic (exact) mass is 283 g/mol. The van der Waals surface area contributed by atoms with E-state index in [1.54, 1.807) is 12.1 Å². The molecule has 3 rings (SSSR count). The normalized spacial score (nSPS) is 22.9. The number of rotatable bonds is 3. The van der Waals surface area contributed by atoms with Crippen LogP contribution < -0.4 is 4.74 Å². The third-order valence-electron chi connectivity index (χ3n) is 4.10. The number of piperidine rings is 1. The van der Waals surface area contributed by atoms with Crippen molar-refractivity contribution in [1.29, 1.82) is 0 Å². The Bertz CT molecular complexity index is 568. The van der Waals surface area contributed by atoms with Crippen molar-refractivity contribution in [2.45, 2.75) is 18.4 Å². The second-order valence-electron chi connectivity index (χ2n) is 5.72. The number of aromatic hydroxyl groups is 1. The molecule has 0 aromatic heterocycles. The Balaban J connectivity index is 1.79. The van der Waals surface area contributed by atoms with Gasteiger partial charge in [0.15, 0.2) is 0 Å². The molecule has 1 aliphatic heterocycles. The topological polar surface area (TPSA) is 32.7 Å². The molecule has 3 nitrogen and oxygen atoms in total. The molecule has 1 N–H and O–H groups in total. The molecule has 2 aromatic rings. The summed E-state index contributed by atoms with van der Waals surface area (Å²) in [6.07, 6.45) is 1.19. The number of phenols is 1. The number of nitrogens with zero attached hydrogens (tertiary/aromatic N) is 1. The fourth-order valence-electron chi connectivity index (χ4n) is 2.95. The summed E-state index contributed by atoms with van der Waals surface area (Å²) >= 11 is 0. The van der Waals surface area contributed by atoms with Gasteiger partial charge in [-0.15, -0.1) is 0 Å². The van der Waals surface area contributed by atoms with Crippen molar-refractivity contribution in [3.05, 3.63) is 60.2 Å². The molecule has 1 aliphatic rings. The van der Waals surface area contributed by atoms with E-state index in [1.807, 2.05) is 18.2 Å². The number of ether oxygens (including phenoxy) is 1. The van der Waals surface area contributed by atoms with Crippen LogP contribution in [-0.4, -0.2) is 36.2 Å². The predicted octanol–water partition coefficient (Wildman–Crippen LogP) is 3.26. The van der Waals surface area contributed by atoms with Crippen molar-refractivity contribution >= 4 is 0 Å². The minimum Gasteiger partial charge on any atom is -0.508 e. The molecule has 1 fully saturated rings. The van der Waals surface area contributed by atoms with Gasteiger partial charge in [0.1, 0.15) is 17.6 Å². The van der Waals surface area contributed by atoms with Crippen LogP contribution in [0.4, 0.5) is 0 Å². The standard InChI is InChI=1S/C18H21NO2/c1-19-12-11-18(21-16-9-7-15(20)8-10-16)17(13-19)14-5-3-2-4-6-14/h2-10,17-18,20H,11-13H2,1H3/t17-,18+/m1/s1. The van der Waals surface area contributed by atoms with Gasteiger partial charge in [0.05, 0.1) is 0 Å². The van der Waals surface area contributed by atoms with Crippen LogP contribution in [0.3, 0.4) is 0 Å². The van der Waals surface area contributed by atoms with E-state index in [-0.39, 0.29) is 11.9 Å². The highest BCUT2D eigenvalue weighted by Crippen LogP contribution is 2.30. The molecule has 0 radical (unpaired) electrons. The van der Waals surface area contributed by atoms with E-state index in [0.717, 1.165) is 25.3 Å². The molecule has 0 saturated carbocycles. The van der Waals surface area contributed by atoms with E-state index in [2.05, 4.69) is 36.2 Å². The molecule has 1 saturated heterocycles. The Morgan fingerprint density at radius 2 is 1.76 bits per heavy atom. The molecule has 110 valence electrons. The second kappa shape index (κ2) is 6.19.